The molecule has 3 atom stereocenters. The van der Waals surface area contributed by atoms with Gasteiger partial charge in [-0.05, 0) is 36.3 Å². The fraction of sp³-hybridized carbons (Fsp3) is 1.00. The monoisotopic (exact) mass is 380 g/mol. The van der Waals surface area contributed by atoms with Gasteiger partial charge in [-0.25, -0.2) is 0 Å². The lowest BCUT2D eigenvalue weighted by Crippen LogP contribution is -2.49. The van der Waals surface area contributed by atoms with Crippen LogP contribution in [0.4, 0.5) is 0 Å². The molecule has 3 N–H and O–H groups in total. The highest BCUT2D eigenvalue weighted by atomic mass is 28.4. The summed E-state index contributed by atoms with van der Waals surface area (Å²) in [5.74, 6) is 0. The van der Waals surface area contributed by atoms with E-state index < -0.39 is 34.9 Å². The molecule has 5 nitrogen and oxygen atoms in total. The van der Waals surface area contributed by atoms with Crippen molar-refractivity contribution in [2.24, 2.45) is 0 Å². The Morgan fingerprint density at radius 2 is 0.917 bits per heavy atom. The van der Waals surface area contributed by atoms with Gasteiger partial charge >= 0.3 is 0 Å². The molecule has 0 aliphatic rings. The topological polar surface area (TPSA) is 79.2 Å². The fourth-order valence-corrected chi connectivity index (χ4v) is 3.51. The first-order valence-corrected chi connectivity index (χ1v) is 14.6. The minimum Gasteiger partial charge on any atom is -0.414 e. The Kier molecular flexibility index (Phi) is 8.37. The quantitative estimate of drug-likeness (QED) is 0.564. The molecule has 0 aromatic heterocycles. The molecule has 7 heteroatoms. The minimum atomic E-state index is -2.00. The molecule has 0 aromatic carbocycles. The molecule has 0 aliphatic heterocycles. The molecule has 0 radical (unpaired) electrons. The van der Waals surface area contributed by atoms with Crippen LogP contribution in [0.5, 0.6) is 0 Å². The molecule has 0 saturated carbocycles. The zero-order valence-electron chi connectivity index (χ0n) is 17.3. The second kappa shape index (κ2) is 8.28. The summed E-state index contributed by atoms with van der Waals surface area (Å²) >= 11 is 0. The van der Waals surface area contributed by atoms with Gasteiger partial charge in [-0.2, -0.15) is 0 Å². The highest BCUT2D eigenvalue weighted by Crippen LogP contribution is 2.37. The van der Waals surface area contributed by atoms with E-state index in [-0.39, 0.29) is 23.3 Å². The molecule has 0 amide bonds. The van der Waals surface area contributed by atoms with Gasteiger partial charge in [0.25, 0.3) is 0 Å². The highest BCUT2D eigenvalue weighted by molar-refractivity contribution is 6.74. The van der Waals surface area contributed by atoms with Crippen LogP contribution in [0.15, 0.2) is 0 Å². The second-order valence-electron chi connectivity index (χ2n) is 9.77. The number of rotatable bonds is 8. The predicted molar refractivity (Wildman–Crippen MR) is 104 cm³/mol. The summed E-state index contributed by atoms with van der Waals surface area (Å²) in [6.45, 7) is 21.1. The number of hydrogen-bond donors (Lipinski definition) is 3. The van der Waals surface area contributed by atoms with Gasteiger partial charge in [0.05, 0.1) is 13.2 Å². The van der Waals surface area contributed by atoms with Crippen LogP contribution < -0.4 is 0 Å². The molecule has 0 aliphatic carbocycles. The Morgan fingerprint density at radius 3 is 1.12 bits per heavy atom. The first-order valence-electron chi connectivity index (χ1n) is 8.74. The van der Waals surface area contributed by atoms with Crippen LogP contribution in [0, 0.1) is 0 Å². The molecular weight excluding hydrogens is 340 g/mol. The molecule has 1 unspecified atom stereocenters. The molecular formula is C17H40O5Si2. The van der Waals surface area contributed by atoms with E-state index >= 15 is 0 Å². The molecule has 0 fully saturated rings. The summed E-state index contributed by atoms with van der Waals surface area (Å²) in [4.78, 5) is 0. The highest BCUT2D eigenvalue weighted by Gasteiger charge is 2.40. The Hall–Kier alpha value is 0.234. The molecule has 0 aromatic rings. The van der Waals surface area contributed by atoms with Crippen molar-refractivity contribution in [3.05, 3.63) is 0 Å². The van der Waals surface area contributed by atoms with Gasteiger partial charge in [-0.1, -0.05) is 41.5 Å². The second-order valence-corrected chi connectivity index (χ2v) is 19.4. The molecule has 0 bridgehead atoms. The van der Waals surface area contributed by atoms with E-state index in [9.17, 15) is 15.3 Å². The fourth-order valence-electron chi connectivity index (χ4n) is 1.47. The van der Waals surface area contributed by atoms with E-state index in [4.69, 9.17) is 8.85 Å². The summed E-state index contributed by atoms with van der Waals surface area (Å²) in [7, 11) is -4.00. The molecule has 0 saturated heterocycles. The third-order valence-electron chi connectivity index (χ3n) is 5.63. The molecule has 0 spiro atoms. The smallest absolute Gasteiger partial charge is 0.192 e. The van der Waals surface area contributed by atoms with Crippen molar-refractivity contribution in [1.29, 1.82) is 0 Å². The molecule has 0 rings (SSSR count). The maximum atomic E-state index is 10.2. The van der Waals surface area contributed by atoms with Crippen LogP contribution in [-0.2, 0) is 8.85 Å². The zero-order valence-corrected chi connectivity index (χ0v) is 19.3. The van der Waals surface area contributed by atoms with Crippen molar-refractivity contribution < 1.29 is 24.2 Å². The zero-order chi connectivity index (χ0) is 19.6. The van der Waals surface area contributed by atoms with Gasteiger partial charge in [0.2, 0.25) is 0 Å². The molecule has 0 heterocycles. The van der Waals surface area contributed by atoms with Crippen molar-refractivity contribution in [3.63, 3.8) is 0 Å². The normalized spacial score (nSPS) is 18.4. The first-order chi connectivity index (χ1) is 10.4. The van der Waals surface area contributed by atoms with Gasteiger partial charge < -0.3 is 24.2 Å². The van der Waals surface area contributed by atoms with Crippen LogP contribution >= 0.6 is 0 Å². The van der Waals surface area contributed by atoms with E-state index in [0.29, 0.717) is 0 Å². The van der Waals surface area contributed by atoms with Crippen molar-refractivity contribution >= 4 is 16.6 Å². The minimum absolute atomic E-state index is 0.0226. The maximum absolute atomic E-state index is 10.2. The van der Waals surface area contributed by atoms with E-state index in [2.05, 4.69) is 67.7 Å². The summed E-state index contributed by atoms with van der Waals surface area (Å²) < 4.78 is 11.8. The van der Waals surface area contributed by atoms with Crippen LogP contribution in [0.1, 0.15) is 41.5 Å². The maximum Gasteiger partial charge on any atom is 0.192 e. The van der Waals surface area contributed by atoms with Crippen LogP contribution in [-0.4, -0.2) is 63.5 Å². The average Bonchev–Trinajstić information content (AvgIpc) is 2.38. The van der Waals surface area contributed by atoms with Crippen molar-refractivity contribution in [2.45, 2.75) is 96.1 Å². The van der Waals surface area contributed by atoms with Crippen molar-refractivity contribution in [3.8, 4) is 0 Å². The third kappa shape index (κ3) is 6.86. The lowest BCUT2D eigenvalue weighted by Gasteiger charge is -2.38. The van der Waals surface area contributed by atoms with Crippen molar-refractivity contribution in [1.82, 2.24) is 0 Å². The summed E-state index contributed by atoms with van der Waals surface area (Å²) in [5, 5.41) is 30.5. The predicted octanol–water partition coefficient (Wildman–Crippen LogP) is 3.11. The van der Waals surface area contributed by atoms with Crippen molar-refractivity contribution in [2.75, 3.05) is 13.2 Å². The van der Waals surface area contributed by atoms with E-state index in [1.54, 1.807) is 0 Å². The van der Waals surface area contributed by atoms with Crippen LogP contribution in [0.25, 0.3) is 0 Å². The standard InChI is InChI=1S/C17H40O5Si2/c1-16(2,3)23(7,8)21-11-13(18)15(20)14(19)12-22-24(9,10)17(4,5)6/h13-15,18-20H,11-12H2,1-10H3/t13-,14+,15?. The van der Waals surface area contributed by atoms with E-state index in [1.807, 2.05) is 0 Å². The van der Waals surface area contributed by atoms with Gasteiger partial charge in [-0.3, -0.25) is 0 Å². The molecule has 146 valence electrons. The third-order valence-corrected chi connectivity index (χ3v) is 14.6. The van der Waals surface area contributed by atoms with Gasteiger partial charge in [0, 0.05) is 0 Å². The largest absolute Gasteiger partial charge is 0.414 e. The number of hydrogen-bond acceptors (Lipinski definition) is 5. The molecule has 24 heavy (non-hydrogen) atoms. The van der Waals surface area contributed by atoms with Crippen LogP contribution in [0.2, 0.25) is 36.3 Å². The Balaban J connectivity index is 4.56. The summed E-state index contributed by atoms with van der Waals surface area (Å²) in [5.41, 5.74) is 0. The first kappa shape index (κ1) is 24.2. The van der Waals surface area contributed by atoms with E-state index in [0.717, 1.165) is 0 Å². The van der Waals surface area contributed by atoms with Gasteiger partial charge in [0.1, 0.15) is 18.3 Å². The van der Waals surface area contributed by atoms with E-state index in [1.165, 1.54) is 0 Å². The SMILES string of the molecule is CC(C)(C)[Si](C)(C)OC[C@@H](O)C(O)[C@@H](O)CO[Si](C)(C)C(C)(C)C. The Morgan fingerprint density at radius 1 is 0.667 bits per heavy atom. The lowest BCUT2D eigenvalue weighted by molar-refractivity contribution is -0.0867. The number of aliphatic hydroxyl groups is 3. The average molecular weight is 381 g/mol. The summed E-state index contributed by atoms with van der Waals surface area (Å²) in [6.07, 6.45) is -3.53. The van der Waals surface area contributed by atoms with Gasteiger partial charge in [0.15, 0.2) is 16.6 Å². The van der Waals surface area contributed by atoms with Crippen LogP contribution in [0.3, 0.4) is 0 Å². The Labute approximate surface area is 150 Å². The summed E-state index contributed by atoms with van der Waals surface area (Å²) in [6, 6.07) is 0. The number of aliphatic hydroxyl groups excluding tert-OH is 3. The van der Waals surface area contributed by atoms with Gasteiger partial charge in [-0.15, -0.1) is 0 Å². The lowest BCUT2D eigenvalue weighted by atomic mass is 10.1. The Bertz CT molecular complexity index is 349.